The molecular formula is C28H39N3O3S. The Morgan fingerprint density at radius 1 is 1.06 bits per heavy atom. The molecule has 0 unspecified atom stereocenters. The quantitative estimate of drug-likeness (QED) is 0.520. The second-order valence-electron chi connectivity index (χ2n) is 10.9. The standard InChI is InChI=1S/C28H39N3O3S/c1-28(2,3)24-20-35-25(29-24)19-26(32)30-13-15-31(16-14-30)27(33)22-10-7-11-23(18-22)34-17-12-21-8-5-4-6-9-21/h7,10-11,18,20-21H,4-6,8-9,12-17,19H2,1-3H3. The molecule has 6 nitrogen and oxygen atoms in total. The first-order valence-electron chi connectivity index (χ1n) is 13.0. The average molecular weight is 498 g/mol. The second kappa shape index (κ2) is 11.5. The molecule has 190 valence electrons. The van der Waals surface area contributed by atoms with E-state index in [1.54, 1.807) is 11.3 Å². The van der Waals surface area contributed by atoms with Crippen molar-refractivity contribution < 1.29 is 14.3 Å². The number of rotatable bonds is 7. The summed E-state index contributed by atoms with van der Waals surface area (Å²) in [5.74, 6) is 1.63. The van der Waals surface area contributed by atoms with E-state index in [9.17, 15) is 9.59 Å². The van der Waals surface area contributed by atoms with Gasteiger partial charge in [0, 0.05) is 42.5 Å². The molecule has 1 saturated heterocycles. The number of hydrogen-bond donors (Lipinski definition) is 0. The first kappa shape index (κ1) is 25.7. The smallest absolute Gasteiger partial charge is 0.254 e. The van der Waals surface area contributed by atoms with Gasteiger partial charge in [0.05, 0.1) is 18.7 Å². The van der Waals surface area contributed by atoms with E-state index >= 15 is 0 Å². The number of carbonyl (C=O) groups excluding carboxylic acids is 2. The van der Waals surface area contributed by atoms with Crippen molar-refractivity contribution in [3.63, 3.8) is 0 Å². The van der Waals surface area contributed by atoms with Crippen molar-refractivity contribution in [2.45, 2.75) is 71.1 Å². The first-order valence-corrected chi connectivity index (χ1v) is 13.9. The molecule has 2 aromatic rings. The summed E-state index contributed by atoms with van der Waals surface area (Å²) < 4.78 is 5.99. The number of amides is 2. The van der Waals surface area contributed by atoms with Gasteiger partial charge in [0.2, 0.25) is 5.91 Å². The fraction of sp³-hybridized carbons (Fsp3) is 0.607. The van der Waals surface area contributed by atoms with E-state index in [1.807, 2.05) is 39.4 Å². The molecule has 1 saturated carbocycles. The highest BCUT2D eigenvalue weighted by Gasteiger charge is 2.26. The summed E-state index contributed by atoms with van der Waals surface area (Å²) in [6.07, 6.45) is 8.11. The maximum Gasteiger partial charge on any atom is 0.254 e. The molecule has 0 radical (unpaired) electrons. The van der Waals surface area contributed by atoms with E-state index in [0.717, 1.165) is 28.8 Å². The number of ether oxygens (including phenoxy) is 1. The summed E-state index contributed by atoms with van der Waals surface area (Å²) in [5.41, 5.74) is 1.67. The lowest BCUT2D eigenvalue weighted by molar-refractivity contribution is -0.131. The first-order chi connectivity index (χ1) is 16.8. The van der Waals surface area contributed by atoms with Crippen LogP contribution >= 0.6 is 11.3 Å². The molecule has 1 aromatic heterocycles. The highest BCUT2D eigenvalue weighted by Crippen LogP contribution is 2.27. The Morgan fingerprint density at radius 2 is 1.77 bits per heavy atom. The van der Waals surface area contributed by atoms with E-state index in [4.69, 9.17) is 4.74 Å². The molecule has 0 spiro atoms. The van der Waals surface area contributed by atoms with Gasteiger partial charge in [0.25, 0.3) is 5.91 Å². The monoisotopic (exact) mass is 497 g/mol. The number of nitrogens with zero attached hydrogens (tertiary/aromatic N) is 3. The van der Waals surface area contributed by atoms with Gasteiger partial charge in [0.1, 0.15) is 10.8 Å². The zero-order valence-corrected chi connectivity index (χ0v) is 22.2. The average Bonchev–Trinajstić information content (AvgIpc) is 3.34. The van der Waals surface area contributed by atoms with Crippen molar-refractivity contribution in [1.29, 1.82) is 0 Å². The summed E-state index contributed by atoms with van der Waals surface area (Å²) in [6.45, 7) is 9.29. The molecular weight excluding hydrogens is 458 g/mol. The van der Waals surface area contributed by atoms with Gasteiger partial charge in [-0.1, -0.05) is 58.9 Å². The Balaban J connectivity index is 1.24. The molecule has 2 aliphatic rings. The molecule has 0 atom stereocenters. The Labute approximate surface area is 213 Å². The highest BCUT2D eigenvalue weighted by atomic mass is 32.1. The molecule has 0 bridgehead atoms. The number of piperazine rings is 1. The van der Waals surface area contributed by atoms with Crippen molar-refractivity contribution in [2.75, 3.05) is 32.8 Å². The number of benzene rings is 1. The Bertz CT molecular complexity index is 999. The topological polar surface area (TPSA) is 62.7 Å². The maximum absolute atomic E-state index is 13.1. The van der Waals surface area contributed by atoms with E-state index in [-0.39, 0.29) is 17.2 Å². The Kier molecular flexibility index (Phi) is 8.47. The van der Waals surface area contributed by atoms with Crippen LogP contribution in [0.25, 0.3) is 0 Å². The van der Waals surface area contributed by atoms with Crippen LogP contribution in [0.5, 0.6) is 5.75 Å². The van der Waals surface area contributed by atoms with E-state index in [1.165, 1.54) is 32.1 Å². The van der Waals surface area contributed by atoms with Crippen LogP contribution in [0.3, 0.4) is 0 Å². The highest BCUT2D eigenvalue weighted by molar-refractivity contribution is 7.09. The van der Waals surface area contributed by atoms with Crippen molar-refractivity contribution in [3.8, 4) is 5.75 Å². The zero-order valence-electron chi connectivity index (χ0n) is 21.4. The van der Waals surface area contributed by atoms with Crippen LogP contribution < -0.4 is 4.74 Å². The molecule has 35 heavy (non-hydrogen) atoms. The molecule has 1 aromatic carbocycles. The third-order valence-corrected chi connectivity index (χ3v) is 7.99. The van der Waals surface area contributed by atoms with E-state index in [2.05, 4.69) is 25.8 Å². The molecule has 0 N–H and O–H groups in total. The van der Waals surface area contributed by atoms with E-state index in [0.29, 0.717) is 44.8 Å². The van der Waals surface area contributed by atoms with Crippen LogP contribution in [0.15, 0.2) is 29.6 Å². The summed E-state index contributed by atoms with van der Waals surface area (Å²) in [6, 6.07) is 7.53. The molecule has 1 aliphatic carbocycles. The Hall–Kier alpha value is -2.41. The number of aromatic nitrogens is 1. The Morgan fingerprint density at radius 3 is 2.46 bits per heavy atom. The minimum atomic E-state index is -0.0124. The lowest BCUT2D eigenvalue weighted by Crippen LogP contribution is -2.51. The van der Waals surface area contributed by atoms with Crippen molar-refractivity contribution in [3.05, 3.63) is 45.9 Å². The van der Waals surface area contributed by atoms with Gasteiger partial charge in [0.15, 0.2) is 0 Å². The van der Waals surface area contributed by atoms with Crippen LogP contribution in [0.2, 0.25) is 0 Å². The SMILES string of the molecule is CC(C)(C)c1csc(CC(=O)N2CCN(C(=O)c3cccc(OCCC4CCCCC4)c3)CC2)n1. The number of carbonyl (C=O) groups is 2. The number of thiazole rings is 1. The number of hydrogen-bond acceptors (Lipinski definition) is 5. The lowest BCUT2D eigenvalue weighted by atomic mass is 9.87. The van der Waals surface area contributed by atoms with Crippen LogP contribution in [0, 0.1) is 5.92 Å². The molecule has 2 heterocycles. The minimum absolute atomic E-state index is 0.00423. The van der Waals surface area contributed by atoms with Crippen LogP contribution in [0.4, 0.5) is 0 Å². The van der Waals surface area contributed by atoms with Crippen LogP contribution in [-0.4, -0.2) is 59.4 Å². The minimum Gasteiger partial charge on any atom is -0.494 e. The third-order valence-electron chi connectivity index (χ3n) is 7.14. The fourth-order valence-corrected chi connectivity index (χ4v) is 5.87. The zero-order chi connectivity index (χ0) is 24.8. The molecule has 7 heteroatoms. The van der Waals surface area contributed by atoms with E-state index < -0.39 is 0 Å². The van der Waals surface area contributed by atoms with Crippen molar-refractivity contribution in [2.24, 2.45) is 5.92 Å². The lowest BCUT2D eigenvalue weighted by Gasteiger charge is -2.34. The van der Waals surface area contributed by atoms with Gasteiger partial charge in [-0.15, -0.1) is 11.3 Å². The molecule has 2 amide bonds. The summed E-state index contributed by atoms with van der Waals surface area (Å²) >= 11 is 1.55. The molecule has 1 aliphatic heterocycles. The molecule has 2 fully saturated rings. The van der Waals surface area contributed by atoms with Crippen LogP contribution in [0.1, 0.15) is 80.4 Å². The molecule has 4 rings (SSSR count). The van der Waals surface area contributed by atoms with Gasteiger partial charge in [-0.2, -0.15) is 0 Å². The summed E-state index contributed by atoms with van der Waals surface area (Å²) in [7, 11) is 0. The predicted molar refractivity (Wildman–Crippen MR) is 140 cm³/mol. The van der Waals surface area contributed by atoms with Crippen molar-refractivity contribution in [1.82, 2.24) is 14.8 Å². The largest absolute Gasteiger partial charge is 0.494 e. The van der Waals surface area contributed by atoms with Gasteiger partial charge in [-0.25, -0.2) is 4.98 Å². The van der Waals surface area contributed by atoms with Gasteiger partial charge >= 0.3 is 0 Å². The normalized spacial score (nSPS) is 17.5. The second-order valence-corrected chi connectivity index (χ2v) is 11.8. The van der Waals surface area contributed by atoms with Gasteiger partial charge in [-0.05, 0) is 30.5 Å². The summed E-state index contributed by atoms with van der Waals surface area (Å²) in [5, 5.41) is 2.91. The van der Waals surface area contributed by atoms with Crippen LogP contribution in [-0.2, 0) is 16.6 Å². The summed E-state index contributed by atoms with van der Waals surface area (Å²) in [4.78, 5) is 34.2. The van der Waals surface area contributed by atoms with Crippen molar-refractivity contribution >= 4 is 23.2 Å². The fourth-order valence-electron chi connectivity index (χ4n) is 4.86. The third kappa shape index (κ3) is 7.06. The predicted octanol–water partition coefficient (Wildman–Crippen LogP) is 5.32. The maximum atomic E-state index is 13.1. The van der Waals surface area contributed by atoms with Gasteiger partial charge < -0.3 is 14.5 Å². The van der Waals surface area contributed by atoms with Gasteiger partial charge in [-0.3, -0.25) is 9.59 Å².